The average molecular weight is 328 g/mol. The maximum atomic E-state index is 11.1. The summed E-state index contributed by atoms with van der Waals surface area (Å²) in [6.07, 6.45) is 0. The van der Waals surface area contributed by atoms with Gasteiger partial charge in [0.2, 0.25) is 0 Å². The molecule has 0 spiro atoms. The molecule has 23 heavy (non-hydrogen) atoms. The number of hydrogen-bond acceptors (Lipinski definition) is 4. The molecule has 2 rings (SSSR count). The number of hydrogen-bond donors (Lipinski definition) is 0. The highest BCUT2D eigenvalue weighted by Crippen LogP contribution is 2.41. The monoisotopic (exact) mass is 328 g/mol. The largest absolute Gasteiger partial charge is 0.150 e. The van der Waals surface area contributed by atoms with E-state index < -0.39 is 8.07 Å². The van der Waals surface area contributed by atoms with Crippen LogP contribution in [0.3, 0.4) is 0 Å². The van der Waals surface area contributed by atoms with Gasteiger partial charge in [0.05, 0.1) is 8.07 Å². The Morgan fingerprint density at radius 1 is 0.870 bits per heavy atom. The van der Waals surface area contributed by atoms with Crippen molar-refractivity contribution < 1.29 is 0 Å². The lowest BCUT2D eigenvalue weighted by Gasteiger charge is -2.38. The molecule has 0 heterocycles. The lowest BCUT2D eigenvalue weighted by atomic mass is 10.1. The van der Waals surface area contributed by atoms with Crippen LogP contribution in [0.25, 0.3) is 11.1 Å². The molecule has 0 saturated heterocycles. The van der Waals surface area contributed by atoms with Crippen LogP contribution in [0, 0.1) is 9.81 Å². The third kappa shape index (κ3) is 2.97. The maximum absolute atomic E-state index is 11.1. The number of fused-ring (bicyclic) bond motifs is 1. The Morgan fingerprint density at radius 2 is 1.30 bits per heavy atom. The standard InChI is InChI=1S/C18H24N2O2Si/c1-18(2,3)23(4,5)17-15(11-19-21)13-9-7-6-8-10-14(13)16(17)12-20-22/h6-10H,11-12H2,1-5H3. The van der Waals surface area contributed by atoms with E-state index in [-0.39, 0.29) is 18.1 Å². The number of nitrogens with zero attached hydrogens (tertiary/aromatic N) is 2. The molecular formula is C18H24N2O2Si. The molecule has 2 aliphatic carbocycles. The molecule has 0 saturated carbocycles. The second-order valence-corrected chi connectivity index (χ2v) is 12.8. The van der Waals surface area contributed by atoms with Crippen molar-refractivity contribution in [1.29, 1.82) is 0 Å². The Hall–Kier alpha value is -1.88. The summed E-state index contributed by atoms with van der Waals surface area (Å²) in [6.45, 7) is 11.6. The van der Waals surface area contributed by atoms with Gasteiger partial charge in [0.1, 0.15) is 13.1 Å². The highest BCUT2D eigenvalue weighted by atomic mass is 28.3. The molecule has 0 aromatic carbocycles. The SMILES string of the molecule is CC(C)(C)[Si](C)(C)c1c(CN=O)c2cccccc-2c1CN=O. The van der Waals surface area contributed by atoms with Crippen molar-refractivity contribution in [3.63, 3.8) is 0 Å². The van der Waals surface area contributed by atoms with Gasteiger partial charge in [0, 0.05) is 0 Å². The molecule has 122 valence electrons. The zero-order valence-electron chi connectivity index (χ0n) is 14.5. The van der Waals surface area contributed by atoms with Crippen molar-refractivity contribution >= 4 is 13.3 Å². The van der Waals surface area contributed by atoms with Crippen LogP contribution < -0.4 is 5.19 Å². The molecule has 0 unspecified atom stereocenters. The van der Waals surface area contributed by atoms with Gasteiger partial charge >= 0.3 is 0 Å². The zero-order chi connectivity index (χ0) is 17.3. The van der Waals surface area contributed by atoms with Crippen molar-refractivity contribution in [1.82, 2.24) is 0 Å². The molecule has 0 radical (unpaired) electrons. The topological polar surface area (TPSA) is 58.9 Å². The molecule has 0 aromatic heterocycles. The van der Waals surface area contributed by atoms with E-state index >= 15 is 0 Å². The van der Waals surface area contributed by atoms with Crippen molar-refractivity contribution in [2.45, 2.75) is 52.0 Å². The van der Waals surface area contributed by atoms with Crippen LogP contribution in [0.4, 0.5) is 0 Å². The van der Waals surface area contributed by atoms with Crippen LogP contribution in [0.1, 0.15) is 31.9 Å². The summed E-state index contributed by atoms with van der Waals surface area (Å²) in [5.74, 6) is 0. The van der Waals surface area contributed by atoms with Gasteiger partial charge in [-0.2, -0.15) is 9.81 Å². The van der Waals surface area contributed by atoms with Gasteiger partial charge in [0.15, 0.2) is 0 Å². The molecule has 0 bridgehead atoms. The van der Waals surface area contributed by atoms with Crippen LogP contribution in [-0.2, 0) is 13.1 Å². The van der Waals surface area contributed by atoms with Gasteiger partial charge in [-0.1, -0.05) is 74.6 Å². The molecule has 0 aliphatic heterocycles. The Labute approximate surface area is 138 Å². The third-order valence-corrected chi connectivity index (χ3v) is 10.8. The molecule has 0 atom stereocenters. The van der Waals surface area contributed by atoms with Crippen LogP contribution in [-0.4, -0.2) is 8.07 Å². The van der Waals surface area contributed by atoms with Crippen molar-refractivity contribution in [2.24, 2.45) is 10.4 Å². The summed E-state index contributed by atoms with van der Waals surface area (Å²) in [6, 6.07) is 9.90. The first-order valence-corrected chi connectivity index (χ1v) is 10.9. The minimum absolute atomic E-state index is 0.0921. The van der Waals surface area contributed by atoms with Crippen LogP contribution in [0.15, 0.2) is 40.7 Å². The summed E-state index contributed by atoms with van der Waals surface area (Å²) in [4.78, 5) is 22.1. The van der Waals surface area contributed by atoms with Gasteiger partial charge in [-0.25, -0.2) is 0 Å². The van der Waals surface area contributed by atoms with E-state index in [4.69, 9.17) is 0 Å². The van der Waals surface area contributed by atoms with Gasteiger partial charge in [-0.05, 0) is 32.5 Å². The van der Waals surface area contributed by atoms with Crippen LogP contribution >= 0.6 is 0 Å². The maximum Gasteiger partial charge on any atom is 0.107 e. The van der Waals surface area contributed by atoms with E-state index in [1.807, 2.05) is 30.3 Å². The minimum atomic E-state index is -1.95. The van der Waals surface area contributed by atoms with Gasteiger partial charge in [0.25, 0.3) is 0 Å². The summed E-state index contributed by atoms with van der Waals surface area (Å²) >= 11 is 0. The molecule has 0 aromatic rings. The summed E-state index contributed by atoms with van der Waals surface area (Å²) in [5, 5.41) is 7.62. The second-order valence-electron chi connectivity index (χ2n) is 7.52. The van der Waals surface area contributed by atoms with Crippen molar-refractivity contribution in [2.75, 3.05) is 0 Å². The Balaban J connectivity index is 2.92. The molecular weight excluding hydrogens is 304 g/mol. The molecule has 5 heteroatoms. The number of rotatable bonds is 5. The third-order valence-electron chi connectivity index (χ3n) is 5.24. The molecule has 0 N–H and O–H groups in total. The fourth-order valence-corrected chi connectivity index (χ4v) is 5.80. The molecule has 4 nitrogen and oxygen atoms in total. The summed E-state index contributed by atoms with van der Waals surface area (Å²) < 4.78 is 0. The first-order valence-electron chi connectivity index (χ1n) is 7.87. The first-order chi connectivity index (χ1) is 10.8. The Morgan fingerprint density at radius 3 is 1.65 bits per heavy atom. The predicted molar refractivity (Wildman–Crippen MR) is 98.9 cm³/mol. The average Bonchev–Trinajstić information content (AvgIpc) is 2.62. The van der Waals surface area contributed by atoms with E-state index in [0.29, 0.717) is 0 Å². The van der Waals surface area contributed by atoms with Crippen LogP contribution in [0.2, 0.25) is 18.1 Å². The quantitative estimate of drug-likeness (QED) is 0.570. The summed E-state index contributed by atoms with van der Waals surface area (Å²) in [7, 11) is -1.95. The smallest absolute Gasteiger partial charge is 0.107 e. The molecule has 0 fully saturated rings. The molecule has 0 amide bonds. The highest BCUT2D eigenvalue weighted by molar-refractivity contribution is 6.93. The Kier molecular flexibility index (Phi) is 4.80. The van der Waals surface area contributed by atoms with Crippen molar-refractivity contribution in [3.05, 3.63) is 51.3 Å². The summed E-state index contributed by atoms with van der Waals surface area (Å²) in [5.41, 5.74) is 4.01. The first kappa shape index (κ1) is 17.5. The van der Waals surface area contributed by atoms with E-state index in [1.165, 1.54) is 5.19 Å². The van der Waals surface area contributed by atoms with Crippen molar-refractivity contribution in [3.8, 4) is 11.1 Å². The fraction of sp³-hybridized carbons (Fsp3) is 0.444. The fourth-order valence-electron chi connectivity index (χ4n) is 3.11. The minimum Gasteiger partial charge on any atom is -0.150 e. The Bertz CT molecular complexity index is 660. The highest BCUT2D eigenvalue weighted by Gasteiger charge is 2.42. The van der Waals surface area contributed by atoms with Gasteiger partial charge < -0.3 is 0 Å². The zero-order valence-corrected chi connectivity index (χ0v) is 15.5. The van der Waals surface area contributed by atoms with E-state index in [1.54, 1.807) is 0 Å². The van der Waals surface area contributed by atoms with Gasteiger partial charge in [-0.15, -0.1) is 0 Å². The van der Waals surface area contributed by atoms with E-state index in [2.05, 4.69) is 44.2 Å². The lowest BCUT2D eigenvalue weighted by molar-refractivity contribution is 0.728. The van der Waals surface area contributed by atoms with E-state index in [0.717, 1.165) is 22.3 Å². The van der Waals surface area contributed by atoms with Crippen LogP contribution in [0.5, 0.6) is 0 Å². The lowest BCUT2D eigenvalue weighted by Crippen LogP contribution is -2.51. The normalized spacial score (nSPS) is 12.4. The second kappa shape index (κ2) is 6.32. The predicted octanol–water partition coefficient (Wildman–Crippen LogP) is 5.04. The van der Waals surface area contributed by atoms with Gasteiger partial charge in [-0.3, -0.25) is 0 Å². The molecule has 2 aliphatic rings. The number of nitroso groups, excluding NO2 is 2. The van der Waals surface area contributed by atoms with E-state index in [9.17, 15) is 9.81 Å².